The number of hydrogen-bond donors (Lipinski definition) is 4. The molecule has 2 rings (SSSR count). The molecule has 10 heteroatoms. The number of cyclic esters (lactones) is 1. The van der Waals surface area contributed by atoms with Crippen LogP contribution in [0.25, 0.3) is 0 Å². The molecule has 12 atom stereocenters. The summed E-state index contributed by atoms with van der Waals surface area (Å²) in [6, 6.07) is -0.638. The maximum atomic E-state index is 13.2. The summed E-state index contributed by atoms with van der Waals surface area (Å²) in [5.41, 5.74) is -2.76. The van der Waals surface area contributed by atoms with Crippen molar-refractivity contribution in [2.75, 3.05) is 27.7 Å². The topological polar surface area (TPSA) is 132 Å². The monoisotopic (exact) mass is 572 g/mol. The molecule has 0 aromatic heterocycles. The standard InChI is InChI=1S/C30H56N2O8/c1-12-23-30(8,37)25(34)21(6)32(11)16-17(2)15-29(7,36)26(18(3)13-19(4)27(35)39-23)40-28-24(33)22(31(9)10)14-20(5)38-28/h13,17-18,20-26,28,33-34,36-37H,12,14-16H2,1-11H3/b19-13-/t17-,18+,20-,21-,22+,23-,24-,25-,26-,28+,29-,30-/m1/s1. The second kappa shape index (κ2) is 13.9. The highest BCUT2D eigenvalue weighted by Gasteiger charge is 2.47. The molecule has 0 aromatic rings. The largest absolute Gasteiger partial charge is 0.456 e. The number of carbonyl (C=O) groups excluding carboxylic acids is 1. The molecular formula is C30H56N2O8. The zero-order valence-corrected chi connectivity index (χ0v) is 26.5. The molecule has 2 heterocycles. The predicted octanol–water partition coefficient (Wildman–Crippen LogP) is 1.92. The van der Waals surface area contributed by atoms with Gasteiger partial charge in [-0.15, -0.1) is 0 Å². The van der Waals surface area contributed by atoms with E-state index in [4.69, 9.17) is 14.2 Å². The van der Waals surface area contributed by atoms with Crippen molar-refractivity contribution in [3.05, 3.63) is 11.6 Å². The van der Waals surface area contributed by atoms with Gasteiger partial charge in [-0.25, -0.2) is 4.79 Å². The van der Waals surface area contributed by atoms with Gasteiger partial charge in [0.25, 0.3) is 0 Å². The van der Waals surface area contributed by atoms with Crippen LogP contribution < -0.4 is 0 Å². The van der Waals surface area contributed by atoms with Gasteiger partial charge in [0.05, 0.1) is 17.8 Å². The number of nitrogens with zero attached hydrogens (tertiary/aromatic N) is 2. The molecule has 0 unspecified atom stereocenters. The lowest BCUT2D eigenvalue weighted by molar-refractivity contribution is -0.292. The number of aliphatic hydroxyl groups is 4. The van der Waals surface area contributed by atoms with Gasteiger partial charge in [-0.05, 0) is 80.9 Å². The molecule has 0 spiro atoms. The zero-order valence-electron chi connectivity index (χ0n) is 26.5. The quantitative estimate of drug-likeness (QED) is 0.371. The van der Waals surface area contributed by atoms with E-state index in [1.165, 1.54) is 6.92 Å². The molecule has 1 saturated heterocycles. The van der Waals surface area contributed by atoms with E-state index in [2.05, 4.69) is 0 Å². The van der Waals surface area contributed by atoms with Crippen LogP contribution in [0.15, 0.2) is 11.6 Å². The van der Waals surface area contributed by atoms with Gasteiger partial charge in [0, 0.05) is 30.1 Å². The first-order chi connectivity index (χ1) is 18.3. The minimum absolute atomic E-state index is 0.0291. The third-order valence-corrected chi connectivity index (χ3v) is 8.87. The highest BCUT2D eigenvalue weighted by atomic mass is 16.7. The van der Waals surface area contributed by atoms with Crippen molar-refractivity contribution in [2.24, 2.45) is 11.8 Å². The minimum atomic E-state index is -1.68. The fourth-order valence-electron chi connectivity index (χ4n) is 6.49. The summed E-state index contributed by atoms with van der Waals surface area (Å²) in [4.78, 5) is 17.1. The van der Waals surface area contributed by atoms with Crippen LogP contribution in [-0.2, 0) is 19.0 Å². The molecule has 1 fully saturated rings. The van der Waals surface area contributed by atoms with E-state index in [1.54, 1.807) is 26.8 Å². The molecule has 0 amide bonds. The summed E-state index contributed by atoms with van der Waals surface area (Å²) in [6.45, 7) is 14.8. The Morgan fingerprint density at radius 2 is 1.75 bits per heavy atom. The number of ether oxygens (including phenoxy) is 3. The van der Waals surface area contributed by atoms with E-state index in [0.29, 0.717) is 31.4 Å². The maximum Gasteiger partial charge on any atom is 0.333 e. The van der Waals surface area contributed by atoms with Crippen molar-refractivity contribution in [3.63, 3.8) is 0 Å². The minimum Gasteiger partial charge on any atom is -0.456 e. The van der Waals surface area contributed by atoms with Crippen LogP contribution >= 0.6 is 0 Å². The fraction of sp³-hybridized carbons (Fsp3) is 0.900. The summed E-state index contributed by atoms with van der Waals surface area (Å²) in [5, 5.41) is 45.5. The Hall–Kier alpha value is -1.11. The van der Waals surface area contributed by atoms with Crippen LogP contribution in [0.1, 0.15) is 74.7 Å². The molecule has 0 aliphatic carbocycles. The summed E-state index contributed by atoms with van der Waals surface area (Å²) in [6.07, 6.45) is -2.01. The molecule has 2 aliphatic heterocycles. The molecule has 0 saturated carbocycles. The van der Waals surface area contributed by atoms with E-state index in [9.17, 15) is 25.2 Å². The molecule has 10 nitrogen and oxygen atoms in total. The van der Waals surface area contributed by atoms with Crippen LogP contribution in [0.3, 0.4) is 0 Å². The number of rotatable bonds is 4. The Morgan fingerprint density at radius 3 is 2.30 bits per heavy atom. The first-order valence-corrected chi connectivity index (χ1v) is 14.7. The van der Waals surface area contributed by atoms with Gasteiger partial charge in [0.1, 0.15) is 23.9 Å². The fourth-order valence-corrected chi connectivity index (χ4v) is 6.49. The average molecular weight is 573 g/mol. The molecule has 0 bridgehead atoms. The van der Waals surface area contributed by atoms with Gasteiger partial charge < -0.3 is 44.4 Å². The molecular weight excluding hydrogens is 516 g/mol. The maximum absolute atomic E-state index is 13.2. The molecule has 0 aromatic carbocycles. The van der Waals surface area contributed by atoms with Crippen LogP contribution in [0.2, 0.25) is 0 Å². The third-order valence-electron chi connectivity index (χ3n) is 8.87. The Bertz CT molecular complexity index is 863. The van der Waals surface area contributed by atoms with Crippen molar-refractivity contribution in [1.82, 2.24) is 9.80 Å². The lowest BCUT2D eigenvalue weighted by Crippen LogP contribution is -2.59. The first-order valence-electron chi connectivity index (χ1n) is 14.7. The van der Waals surface area contributed by atoms with E-state index < -0.39 is 59.8 Å². The lowest BCUT2D eigenvalue weighted by Gasteiger charge is -2.45. The second-order valence-electron chi connectivity index (χ2n) is 13.2. The normalized spacial score (nSPS) is 46.7. The molecule has 2 aliphatic rings. The van der Waals surface area contributed by atoms with Gasteiger partial charge in [-0.2, -0.15) is 0 Å². The van der Waals surface area contributed by atoms with Crippen molar-refractivity contribution in [2.45, 2.75) is 135 Å². The van der Waals surface area contributed by atoms with Crippen molar-refractivity contribution in [1.29, 1.82) is 0 Å². The zero-order chi connectivity index (χ0) is 30.7. The summed E-state index contributed by atoms with van der Waals surface area (Å²) >= 11 is 0. The van der Waals surface area contributed by atoms with Crippen LogP contribution in [0.5, 0.6) is 0 Å². The number of aliphatic hydroxyl groups excluding tert-OH is 2. The summed E-state index contributed by atoms with van der Waals surface area (Å²) < 4.78 is 18.2. The molecule has 234 valence electrons. The average Bonchev–Trinajstić information content (AvgIpc) is 2.84. The number of hydrogen-bond acceptors (Lipinski definition) is 10. The van der Waals surface area contributed by atoms with Crippen LogP contribution in [0, 0.1) is 11.8 Å². The summed E-state index contributed by atoms with van der Waals surface area (Å²) in [7, 11) is 5.67. The van der Waals surface area contributed by atoms with Crippen molar-refractivity contribution >= 4 is 5.97 Å². The van der Waals surface area contributed by atoms with Gasteiger partial charge >= 0.3 is 5.97 Å². The molecule has 40 heavy (non-hydrogen) atoms. The van der Waals surface area contributed by atoms with E-state index in [0.717, 1.165) is 0 Å². The summed E-state index contributed by atoms with van der Waals surface area (Å²) in [5.74, 6) is -1.11. The number of esters is 1. The molecule has 0 radical (unpaired) electrons. The lowest BCUT2D eigenvalue weighted by atomic mass is 9.81. The smallest absolute Gasteiger partial charge is 0.333 e. The van der Waals surface area contributed by atoms with E-state index >= 15 is 0 Å². The highest BCUT2D eigenvalue weighted by molar-refractivity contribution is 5.88. The second-order valence-corrected chi connectivity index (χ2v) is 13.2. The van der Waals surface area contributed by atoms with Gasteiger partial charge in [0.2, 0.25) is 0 Å². The van der Waals surface area contributed by atoms with Gasteiger partial charge in [0.15, 0.2) is 6.29 Å². The van der Waals surface area contributed by atoms with Gasteiger partial charge in [-0.1, -0.05) is 26.8 Å². The van der Waals surface area contributed by atoms with Gasteiger partial charge in [-0.3, -0.25) is 0 Å². The Labute approximate surface area is 241 Å². The van der Waals surface area contributed by atoms with Crippen molar-refractivity contribution < 1.29 is 39.4 Å². The predicted molar refractivity (Wildman–Crippen MR) is 154 cm³/mol. The highest BCUT2D eigenvalue weighted by Crippen LogP contribution is 2.35. The van der Waals surface area contributed by atoms with E-state index in [-0.39, 0.29) is 18.1 Å². The van der Waals surface area contributed by atoms with Crippen LogP contribution in [-0.4, -0.2) is 124 Å². The number of likely N-dealkylation sites (N-methyl/N-ethyl adjacent to an activating group) is 2. The number of carbonyl (C=O) groups is 1. The Kier molecular flexibility index (Phi) is 12.2. The molecule has 4 N–H and O–H groups in total. The third kappa shape index (κ3) is 8.25. The first kappa shape index (κ1) is 35.1. The Morgan fingerprint density at radius 1 is 1.15 bits per heavy atom. The van der Waals surface area contributed by atoms with Crippen molar-refractivity contribution in [3.8, 4) is 0 Å². The van der Waals surface area contributed by atoms with E-state index in [1.807, 2.05) is 58.6 Å². The van der Waals surface area contributed by atoms with Crippen LogP contribution in [0.4, 0.5) is 0 Å². The SMILES string of the molecule is CC[C@H]1OC(=O)/C(C)=C\[C@H](C)[C@@H](O[C@@H]2O[C@H](C)C[C@H](N(C)C)[C@H]2O)[C@](C)(O)C[C@@H](C)CN(C)[C@H](C)[C@@H](O)[C@]1(C)O. The Balaban J connectivity index is 2.52.